The Morgan fingerprint density at radius 3 is 3.07 bits per heavy atom. The van der Waals surface area contributed by atoms with Gasteiger partial charge in [0.2, 0.25) is 0 Å². The third-order valence-corrected chi connectivity index (χ3v) is 5.51. The molecule has 27 heavy (non-hydrogen) atoms. The van der Waals surface area contributed by atoms with Gasteiger partial charge < -0.3 is 15.4 Å². The van der Waals surface area contributed by atoms with E-state index in [9.17, 15) is 9.90 Å². The van der Waals surface area contributed by atoms with E-state index in [0.717, 1.165) is 35.1 Å². The summed E-state index contributed by atoms with van der Waals surface area (Å²) in [5.41, 5.74) is 4.65. The zero-order valence-corrected chi connectivity index (χ0v) is 15.8. The van der Waals surface area contributed by atoms with Crippen molar-refractivity contribution in [2.24, 2.45) is 0 Å². The number of hydrogen-bond donors (Lipinski definition) is 3. The smallest absolute Gasteiger partial charge is 0.326 e. The Kier molecular flexibility index (Phi) is 4.85. The van der Waals surface area contributed by atoms with Crippen LogP contribution in [0.1, 0.15) is 42.7 Å². The van der Waals surface area contributed by atoms with E-state index in [-0.39, 0.29) is 17.8 Å². The summed E-state index contributed by atoms with van der Waals surface area (Å²) in [5.74, 6) is 0. The number of imidazole rings is 1. The number of aryl methyl sites for hydroxylation is 3. The van der Waals surface area contributed by atoms with Crippen molar-refractivity contribution in [2.45, 2.75) is 57.8 Å². The number of pyridine rings is 1. The molecule has 1 aliphatic rings. The number of para-hydroxylation sites is 1. The van der Waals surface area contributed by atoms with Crippen LogP contribution in [0.2, 0.25) is 0 Å². The molecule has 6 heteroatoms. The summed E-state index contributed by atoms with van der Waals surface area (Å²) in [6.45, 7) is 4.75. The molecule has 3 N–H and O–H groups in total. The van der Waals surface area contributed by atoms with E-state index in [4.69, 9.17) is 0 Å². The lowest BCUT2D eigenvalue weighted by Crippen LogP contribution is -2.41. The first-order valence-electron chi connectivity index (χ1n) is 9.60. The summed E-state index contributed by atoms with van der Waals surface area (Å²) in [6.07, 6.45) is 3.87. The molecule has 0 unspecified atom stereocenters. The first kappa shape index (κ1) is 17.9. The second-order valence-corrected chi connectivity index (χ2v) is 7.58. The highest BCUT2D eigenvalue weighted by atomic mass is 16.3. The number of H-pyrrole nitrogens is 1. The number of nitrogens with zero attached hydrogens (tertiary/aromatic N) is 2. The zero-order valence-electron chi connectivity index (χ0n) is 15.8. The summed E-state index contributed by atoms with van der Waals surface area (Å²) in [6, 6.07) is 10.0. The molecule has 3 heterocycles. The Morgan fingerprint density at radius 1 is 1.41 bits per heavy atom. The normalized spacial score (nSPS) is 20.6. The molecule has 0 amide bonds. The predicted molar refractivity (Wildman–Crippen MR) is 106 cm³/mol. The lowest BCUT2D eigenvalue weighted by atomic mass is 9.98. The average Bonchev–Trinajstić information content (AvgIpc) is 2.90. The molecular weight excluding hydrogens is 340 g/mol. The van der Waals surface area contributed by atoms with E-state index in [1.54, 1.807) is 4.57 Å². The zero-order chi connectivity index (χ0) is 19.0. The van der Waals surface area contributed by atoms with Gasteiger partial charge in [0, 0.05) is 36.1 Å². The van der Waals surface area contributed by atoms with Gasteiger partial charge in [-0.3, -0.25) is 9.55 Å². The predicted octanol–water partition coefficient (Wildman–Crippen LogP) is 2.45. The Bertz CT molecular complexity index is 1010. The Balaban J connectivity index is 1.47. The molecule has 0 bridgehead atoms. The fourth-order valence-electron chi connectivity index (χ4n) is 4.11. The van der Waals surface area contributed by atoms with Crippen molar-refractivity contribution in [3.8, 4) is 0 Å². The van der Waals surface area contributed by atoms with Crippen LogP contribution in [0.3, 0.4) is 0 Å². The second kappa shape index (κ2) is 7.29. The van der Waals surface area contributed by atoms with Crippen LogP contribution >= 0.6 is 0 Å². The third-order valence-electron chi connectivity index (χ3n) is 5.51. The molecular formula is C21H26N4O2. The third kappa shape index (κ3) is 3.55. The molecule has 2 aromatic heterocycles. The Hall–Kier alpha value is -2.44. The van der Waals surface area contributed by atoms with Crippen molar-refractivity contribution in [1.29, 1.82) is 0 Å². The van der Waals surface area contributed by atoms with Gasteiger partial charge in [-0.2, -0.15) is 0 Å². The van der Waals surface area contributed by atoms with Crippen molar-refractivity contribution in [3.05, 3.63) is 63.8 Å². The molecule has 1 aliphatic heterocycles. The van der Waals surface area contributed by atoms with Gasteiger partial charge in [-0.15, -0.1) is 0 Å². The standard InChI is InChI=1S/C21H26N4O2/c1-13(6-7-15-8-10-22-14(2)12-15)23-18-9-11-25-19-16(20(18)26)4-3-5-17(19)24-21(25)27/h3-5,8,10,12-13,18,20,23,26H,6-7,9,11H2,1-2H3,(H,24,27)/t13-,18-,20-/m1/s1. The summed E-state index contributed by atoms with van der Waals surface area (Å²) < 4.78 is 1.75. The summed E-state index contributed by atoms with van der Waals surface area (Å²) in [7, 11) is 0. The summed E-state index contributed by atoms with van der Waals surface area (Å²) in [4.78, 5) is 19.3. The monoisotopic (exact) mass is 366 g/mol. The molecule has 0 aliphatic carbocycles. The fourth-order valence-corrected chi connectivity index (χ4v) is 4.11. The minimum absolute atomic E-state index is 0.0796. The van der Waals surface area contributed by atoms with Crippen LogP contribution in [0, 0.1) is 6.92 Å². The Labute approximate surface area is 158 Å². The first-order valence-corrected chi connectivity index (χ1v) is 9.60. The van der Waals surface area contributed by atoms with Crippen LogP contribution < -0.4 is 11.0 Å². The van der Waals surface area contributed by atoms with Gasteiger partial charge in [0.05, 0.1) is 17.1 Å². The molecule has 0 saturated carbocycles. The number of nitrogens with one attached hydrogen (secondary N) is 2. The van der Waals surface area contributed by atoms with E-state index in [1.807, 2.05) is 31.3 Å². The highest BCUT2D eigenvalue weighted by molar-refractivity contribution is 5.79. The number of aromatic nitrogens is 3. The Morgan fingerprint density at radius 2 is 2.26 bits per heavy atom. The number of aliphatic hydroxyl groups is 1. The van der Waals surface area contributed by atoms with E-state index in [1.165, 1.54) is 5.56 Å². The van der Waals surface area contributed by atoms with Gasteiger partial charge >= 0.3 is 5.69 Å². The lowest BCUT2D eigenvalue weighted by molar-refractivity contribution is 0.119. The van der Waals surface area contributed by atoms with Gasteiger partial charge in [0.25, 0.3) is 0 Å². The van der Waals surface area contributed by atoms with Crippen LogP contribution in [0.5, 0.6) is 0 Å². The van der Waals surface area contributed by atoms with Crippen molar-refractivity contribution in [3.63, 3.8) is 0 Å². The second-order valence-electron chi connectivity index (χ2n) is 7.58. The van der Waals surface area contributed by atoms with Gasteiger partial charge in [-0.25, -0.2) is 4.79 Å². The number of aromatic amines is 1. The SMILES string of the molecule is Cc1cc(CC[C@@H](C)N[C@@H]2CCn3c(=O)[nH]c4cccc(c43)[C@H]2O)ccn1. The van der Waals surface area contributed by atoms with Crippen molar-refractivity contribution >= 4 is 11.0 Å². The van der Waals surface area contributed by atoms with Crippen LogP contribution in [0.4, 0.5) is 0 Å². The molecule has 142 valence electrons. The van der Waals surface area contributed by atoms with Crippen molar-refractivity contribution in [1.82, 2.24) is 19.9 Å². The minimum Gasteiger partial charge on any atom is -0.387 e. The van der Waals surface area contributed by atoms with Crippen LogP contribution in [-0.4, -0.2) is 31.7 Å². The largest absolute Gasteiger partial charge is 0.387 e. The topological polar surface area (TPSA) is 82.9 Å². The van der Waals surface area contributed by atoms with Crippen LogP contribution in [-0.2, 0) is 13.0 Å². The average molecular weight is 366 g/mol. The highest BCUT2D eigenvalue weighted by Gasteiger charge is 2.29. The molecule has 0 saturated heterocycles. The molecule has 1 aromatic carbocycles. The highest BCUT2D eigenvalue weighted by Crippen LogP contribution is 2.30. The molecule has 4 rings (SSSR count). The fraction of sp³-hybridized carbons (Fsp3) is 0.429. The van der Waals surface area contributed by atoms with Gasteiger partial charge in [-0.05, 0) is 56.9 Å². The number of benzene rings is 1. The van der Waals surface area contributed by atoms with Gasteiger partial charge in [0.15, 0.2) is 0 Å². The van der Waals surface area contributed by atoms with E-state index >= 15 is 0 Å². The van der Waals surface area contributed by atoms with Gasteiger partial charge in [0.1, 0.15) is 0 Å². The molecule has 0 spiro atoms. The van der Waals surface area contributed by atoms with Crippen molar-refractivity contribution < 1.29 is 5.11 Å². The summed E-state index contributed by atoms with van der Waals surface area (Å²) in [5, 5.41) is 14.6. The number of rotatable bonds is 5. The van der Waals surface area contributed by atoms with E-state index in [0.29, 0.717) is 13.0 Å². The summed E-state index contributed by atoms with van der Waals surface area (Å²) >= 11 is 0. The van der Waals surface area contributed by atoms with Crippen LogP contribution in [0.25, 0.3) is 11.0 Å². The molecule has 3 aromatic rings. The quantitative estimate of drug-likeness (QED) is 0.648. The van der Waals surface area contributed by atoms with Crippen LogP contribution in [0.15, 0.2) is 41.3 Å². The van der Waals surface area contributed by atoms with E-state index in [2.05, 4.69) is 34.3 Å². The molecule has 0 radical (unpaired) electrons. The maximum absolute atomic E-state index is 12.2. The molecule has 0 fully saturated rings. The molecule has 6 nitrogen and oxygen atoms in total. The van der Waals surface area contributed by atoms with E-state index < -0.39 is 6.10 Å². The number of aliphatic hydroxyl groups excluding tert-OH is 1. The number of hydrogen-bond acceptors (Lipinski definition) is 4. The van der Waals surface area contributed by atoms with Gasteiger partial charge in [-0.1, -0.05) is 12.1 Å². The molecule has 3 atom stereocenters. The first-order chi connectivity index (χ1) is 13.0. The lowest BCUT2D eigenvalue weighted by Gasteiger charge is -2.26. The maximum Gasteiger partial charge on any atom is 0.326 e. The van der Waals surface area contributed by atoms with Crippen molar-refractivity contribution in [2.75, 3.05) is 0 Å². The minimum atomic E-state index is -0.636. The maximum atomic E-state index is 12.2.